The second-order valence-corrected chi connectivity index (χ2v) is 6.88. The Hall–Kier alpha value is -2.23. The van der Waals surface area contributed by atoms with Gasteiger partial charge >= 0.3 is 0 Å². The Morgan fingerprint density at radius 3 is 2.55 bits per heavy atom. The fourth-order valence-electron chi connectivity index (χ4n) is 3.08. The van der Waals surface area contributed by atoms with Gasteiger partial charge in [-0.2, -0.15) is 0 Å². The number of carbonyl (C=O) groups is 1. The van der Waals surface area contributed by atoms with Crippen LogP contribution in [0.15, 0.2) is 53.8 Å². The van der Waals surface area contributed by atoms with Gasteiger partial charge in [-0.05, 0) is 43.5 Å². The number of pyridine rings is 1. The molecule has 1 fully saturated rings. The van der Waals surface area contributed by atoms with Crippen LogP contribution in [-0.4, -0.2) is 43.0 Å². The van der Waals surface area contributed by atoms with Crippen molar-refractivity contribution in [2.75, 3.05) is 26.2 Å². The molecule has 0 aliphatic heterocycles. The quantitative estimate of drug-likeness (QED) is 0.221. The minimum atomic E-state index is -0.192. The molecule has 6 nitrogen and oxygen atoms in total. The minimum Gasteiger partial charge on any atom is -0.357 e. The van der Waals surface area contributed by atoms with E-state index in [9.17, 15) is 9.18 Å². The highest BCUT2D eigenvalue weighted by molar-refractivity contribution is 14.0. The molecule has 0 saturated heterocycles. The summed E-state index contributed by atoms with van der Waals surface area (Å²) in [6, 6.07) is 10.4. The molecule has 1 aromatic carbocycles. The van der Waals surface area contributed by atoms with Crippen molar-refractivity contribution in [1.82, 2.24) is 20.9 Å². The number of carbonyl (C=O) groups excluding carboxylic acids is 1. The zero-order chi connectivity index (χ0) is 19.8. The molecule has 1 aliphatic rings. The molecule has 1 aliphatic carbocycles. The van der Waals surface area contributed by atoms with Crippen LogP contribution in [0.3, 0.4) is 0 Å². The number of nitrogens with one attached hydrogen (secondary N) is 3. The molecule has 156 valence electrons. The Labute approximate surface area is 187 Å². The summed E-state index contributed by atoms with van der Waals surface area (Å²) in [6.45, 7) is 4.23. The molecule has 3 rings (SSSR count). The SMILES string of the molecule is CCNC(=NCC1(c2ccccc2F)CC1)NCCNC(=O)c1cccnc1.I. The summed E-state index contributed by atoms with van der Waals surface area (Å²) in [7, 11) is 0. The summed E-state index contributed by atoms with van der Waals surface area (Å²) in [5.74, 6) is 0.348. The summed E-state index contributed by atoms with van der Waals surface area (Å²) in [6.07, 6.45) is 5.05. The molecular weight excluding hydrogens is 484 g/mol. The molecular formula is C21H27FIN5O. The number of hydrogen-bond acceptors (Lipinski definition) is 3. The molecule has 0 atom stereocenters. The van der Waals surface area contributed by atoms with Gasteiger partial charge in [0.15, 0.2) is 5.96 Å². The molecule has 1 heterocycles. The Balaban J connectivity index is 0.00000300. The van der Waals surface area contributed by atoms with E-state index in [0.29, 0.717) is 31.2 Å². The zero-order valence-corrected chi connectivity index (χ0v) is 18.8. The first-order valence-electron chi connectivity index (χ1n) is 9.60. The first-order valence-corrected chi connectivity index (χ1v) is 9.60. The molecule has 0 bridgehead atoms. The van der Waals surface area contributed by atoms with Crippen molar-refractivity contribution in [3.8, 4) is 0 Å². The predicted octanol–water partition coefficient (Wildman–Crippen LogP) is 2.86. The van der Waals surface area contributed by atoms with Gasteiger partial charge in [-0.3, -0.25) is 14.8 Å². The second-order valence-electron chi connectivity index (χ2n) is 6.88. The normalized spacial score (nSPS) is 14.5. The van der Waals surface area contributed by atoms with Crippen LogP contribution in [0.1, 0.15) is 35.7 Å². The van der Waals surface area contributed by atoms with E-state index < -0.39 is 0 Å². The highest BCUT2D eigenvalue weighted by Gasteiger charge is 2.45. The van der Waals surface area contributed by atoms with Crippen LogP contribution in [0.5, 0.6) is 0 Å². The third kappa shape index (κ3) is 6.38. The van der Waals surface area contributed by atoms with E-state index in [1.54, 1.807) is 24.4 Å². The van der Waals surface area contributed by atoms with Crippen LogP contribution in [-0.2, 0) is 5.41 Å². The van der Waals surface area contributed by atoms with Crippen molar-refractivity contribution in [3.63, 3.8) is 0 Å². The van der Waals surface area contributed by atoms with E-state index in [0.717, 1.165) is 24.9 Å². The molecule has 29 heavy (non-hydrogen) atoms. The Kier molecular flexibility index (Phi) is 8.81. The molecule has 1 amide bonds. The highest BCUT2D eigenvalue weighted by atomic mass is 127. The highest BCUT2D eigenvalue weighted by Crippen LogP contribution is 2.49. The standard InChI is InChI=1S/C21H26FN5O.HI/c1-2-24-20(26-13-12-25-19(28)16-6-5-11-23-14-16)27-15-21(9-10-21)17-7-3-4-8-18(17)22;/h3-8,11,14H,2,9-10,12-13,15H2,1H3,(H,25,28)(H2,24,26,27);1H. The predicted molar refractivity (Wildman–Crippen MR) is 123 cm³/mol. The van der Waals surface area contributed by atoms with Crippen molar-refractivity contribution in [2.45, 2.75) is 25.2 Å². The Bertz CT molecular complexity index is 827. The largest absolute Gasteiger partial charge is 0.357 e. The van der Waals surface area contributed by atoms with E-state index in [1.165, 1.54) is 12.3 Å². The lowest BCUT2D eigenvalue weighted by atomic mass is 9.95. The Morgan fingerprint density at radius 2 is 1.90 bits per heavy atom. The monoisotopic (exact) mass is 511 g/mol. The van der Waals surface area contributed by atoms with Gasteiger partial charge in [0.2, 0.25) is 0 Å². The maximum absolute atomic E-state index is 14.1. The molecule has 1 saturated carbocycles. The smallest absolute Gasteiger partial charge is 0.252 e. The van der Waals surface area contributed by atoms with Crippen molar-refractivity contribution in [3.05, 3.63) is 65.7 Å². The fraction of sp³-hybridized carbons (Fsp3) is 0.381. The van der Waals surface area contributed by atoms with Crippen LogP contribution >= 0.6 is 24.0 Å². The van der Waals surface area contributed by atoms with E-state index in [4.69, 9.17) is 0 Å². The van der Waals surface area contributed by atoms with E-state index >= 15 is 0 Å². The topological polar surface area (TPSA) is 78.4 Å². The van der Waals surface area contributed by atoms with Crippen molar-refractivity contribution >= 4 is 35.8 Å². The van der Waals surface area contributed by atoms with Crippen molar-refractivity contribution < 1.29 is 9.18 Å². The number of aromatic nitrogens is 1. The summed E-state index contributed by atoms with van der Waals surface area (Å²) in [5, 5.41) is 9.24. The molecule has 0 spiro atoms. The van der Waals surface area contributed by atoms with Crippen LogP contribution < -0.4 is 16.0 Å². The number of nitrogens with zero attached hydrogens (tertiary/aromatic N) is 2. The third-order valence-corrected chi connectivity index (χ3v) is 4.81. The first kappa shape index (κ1) is 23.1. The molecule has 1 aromatic heterocycles. The number of benzene rings is 1. The number of guanidine groups is 1. The molecule has 2 aromatic rings. The van der Waals surface area contributed by atoms with Crippen LogP contribution in [0.2, 0.25) is 0 Å². The van der Waals surface area contributed by atoms with Crippen molar-refractivity contribution in [2.24, 2.45) is 4.99 Å². The van der Waals surface area contributed by atoms with Crippen LogP contribution in [0, 0.1) is 5.82 Å². The fourth-order valence-corrected chi connectivity index (χ4v) is 3.08. The summed E-state index contributed by atoms with van der Waals surface area (Å²) >= 11 is 0. The number of aliphatic imine (C=N–C) groups is 1. The van der Waals surface area contributed by atoms with Crippen LogP contribution in [0.4, 0.5) is 4.39 Å². The van der Waals surface area contributed by atoms with E-state index in [-0.39, 0.29) is 41.1 Å². The summed E-state index contributed by atoms with van der Waals surface area (Å²) in [4.78, 5) is 20.6. The lowest BCUT2D eigenvalue weighted by molar-refractivity contribution is 0.0954. The second kappa shape index (κ2) is 11.1. The van der Waals surface area contributed by atoms with E-state index in [1.807, 2.05) is 19.1 Å². The van der Waals surface area contributed by atoms with Crippen molar-refractivity contribution in [1.29, 1.82) is 0 Å². The van der Waals surface area contributed by atoms with Gasteiger partial charge in [-0.15, -0.1) is 24.0 Å². The number of hydrogen-bond donors (Lipinski definition) is 3. The van der Waals surface area contributed by atoms with E-state index in [2.05, 4.69) is 25.9 Å². The average Bonchev–Trinajstić information content (AvgIpc) is 3.51. The molecule has 3 N–H and O–H groups in total. The van der Waals surface area contributed by atoms with Gasteiger partial charge in [-0.25, -0.2) is 4.39 Å². The molecule has 8 heteroatoms. The molecule has 0 unspecified atom stereocenters. The maximum Gasteiger partial charge on any atom is 0.252 e. The first-order chi connectivity index (χ1) is 13.6. The van der Waals surface area contributed by atoms with Gasteiger partial charge in [0.05, 0.1) is 12.1 Å². The number of rotatable bonds is 8. The van der Waals surface area contributed by atoms with Crippen LogP contribution in [0.25, 0.3) is 0 Å². The number of halogens is 2. The minimum absolute atomic E-state index is 0. The van der Waals surface area contributed by atoms with Gasteiger partial charge in [-0.1, -0.05) is 18.2 Å². The number of amides is 1. The van der Waals surface area contributed by atoms with Gasteiger partial charge in [0.25, 0.3) is 5.91 Å². The van der Waals surface area contributed by atoms with Gasteiger partial charge in [0, 0.05) is 37.4 Å². The Morgan fingerprint density at radius 1 is 1.14 bits per heavy atom. The maximum atomic E-state index is 14.1. The van der Waals surface area contributed by atoms with Gasteiger partial charge < -0.3 is 16.0 Å². The molecule has 0 radical (unpaired) electrons. The van der Waals surface area contributed by atoms with Gasteiger partial charge in [0.1, 0.15) is 5.82 Å². The lowest BCUT2D eigenvalue weighted by Gasteiger charge is -2.16. The average molecular weight is 511 g/mol. The lowest BCUT2D eigenvalue weighted by Crippen LogP contribution is -2.42. The third-order valence-electron chi connectivity index (χ3n) is 4.81. The zero-order valence-electron chi connectivity index (χ0n) is 16.5. The summed E-state index contributed by atoms with van der Waals surface area (Å²) < 4.78 is 14.1. The summed E-state index contributed by atoms with van der Waals surface area (Å²) in [5.41, 5.74) is 1.09.